The highest BCUT2D eigenvalue weighted by molar-refractivity contribution is 7.99. The van der Waals surface area contributed by atoms with Crippen LogP contribution < -0.4 is 22.5 Å². The number of aromatic amines is 3. The standard InChI is InChI=1S/C22H24N2O5S.C15H18N2O2S/c1-12(2)18-19(25)23-22(27)24(11-17-16(6-7-29-17)21(26)28-5)20(18)30-15-9-13(3)8-14(4)10-15;1-8(2)12-13(18)16-15(19)17-14(12)20-11-6-9(3)5-10(4)7-11/h6-10,12H,11H2,1-5H3,(H,23,25,27);5-8H,1-4H3,(H2,16,17,18,19). The SMILES string of the molecule is COC(=O)c1ccoc1Cn1c(Sc2cc(C)cc(C)c2)c(C(C)C)c(=O)[nH]c1=O.Cc1cc(C)cc(Sc2[nH]c(=O)[nH]c(=O)c2C(C)C)c1. The number of hydrogen-bond acceptors (Lipinski definition) is 9. The number of H-pyrrole nitrogens is 3. The third-order valence-electron chi connectivity index (χ3n) is 7.56. The Morgan fingerprint density at radius 2 is 1.28 bits per heavy atom. The zero-order chi connectivity index (χ0) is 36.9. The van der Waals surface area contributed by atoms with E-state index in [9.17, 15) is 24.0 Å². The average Bonchev–Trinajstić information content (AvgIpc) is 3.45. The summed E-state index contributed by atoms with van der Waals surface area (Å²) in [5, 5.41) is 1.15. The van der Waals surface area contributed by atoms with Crippen molar-refractivity contribution in [2.24, 2.45) is 0 Å². The normalized spacial score (nSPS) is 11.1. The van der Waals surface area contributed by atoms with Crippen LogP contribution in [0, 0.1) is 27.7 Å². The first kappa shape index (κ1) is 38.1. The lowest BCUT2D eigenvalue weighted by Crippen LogP contribution is -2.35. The highest BCUT2D eigenvalue weighted by Gasteiger charge is 2.23. The van der Waals surface area contributed by atoms with Crippen molar-refractivity contribution in [1.82, 2.24) is 19.5 Å². The van der Waals surface area contributed by atoms with E-state index in [-0.39, 0.29) is 35.3 Å². The minimum atomic E-state index is -0.566. The second kappa shape index (κ2) is 16.3. The van der Waals surface area contributed by atoms with Gasteiger partial charge in [-0.2, -0.15) is 0 Å². The minimum Gasteiger partial charge on any atom is -0.467 e. The van der Waals surface area contributed by atoms with Gasteiger partial charge in [0.15, 0.2) is 0 Å². The molecular formula is C37H42N4O7S2. The van der Waals surface area contributed by atoms with Gasteiger partial charge in [-0.3, -0.25) is 24.1 Å². The van der Waals surface area contributed by atoms with Crippen LogP contribution in [0.15, 0.2) is 92.2 Å². The third kappa shape index (κ3) is 9.27. The first-order valence-electron chi connectivity index (χ1n) is 16.0. The van der Waals surface area contributed by atoms with Crippen LogP contribution in [0.1, 0.15) is 89.0 Å². The molecule has 0 aliphatic rings. The van der Waals surface area contributed by atoms with E-state index in [0.717, 1.165) is 32.0 Å². The third-order valence-corrected chi connectivity index (χ3v) is 9.66. The lowest BCUT2D eigenvalue weighted by molar-refractivity contribution is 0.0598. The highest BCUT2D eigenvalue weighted by atomic mass is 32.2. The largest absolute Gasteiger partial charge is 0.467 e. The molecule has 0 radical (unpaired) electrons. The molecule has 0 aliphatic heterocycles. The predicted molar refractivity (Wildman–Crippen MR) is 196 cm³/mol. The zero-order valence-corrected chi connectivity index (χ0v) is 31.2. The van der Waals surface area contributed by atoms with Crippen LogP contribution in [-0.4, -0.2) is 32.6 Å². The number of nitrogens with one attached hydrogen (secondary N) is 3. The fraction of sp³-hybridized carbons (Fsp3) is 0.324. The van der Waals surface area contributed by atoms with Gasteiger partial charge in [0.05, 0.1) is 41.1 Å². The van der Waals surface area contributed by atoms with Crippen molar-refractivity contribution in [3.63, 3.8) is 0 Å². The van der Waals surface area contributed by atoms with E-state index < -0.39 is 22.9 Å². The summed E-state index contributed by atoms with van der Waals surface area (Å²) in [5.74, 6) is -0.341. The van der Waals surface area contributed by atoms with E-state index in [4.69, 9.17) is 9.15 Å². The van der Waals surface area contributed by atoms with Gasteiger partial charge in [0.2, 0.25) is 0 Å². The summed E-state index contributed by atoms with van der Waals surface area (Å²) in [6.07, 6.45) is 1.37. The summed E-state index contributed by atoms with van der Waals surface area (Å²) in [4.78, 5) is 70.2. The lowest BCUT2D eigenvalue weighted by Gasteiger charge is -2.17. The first-order valence-corrected chi connectivity index (χ1v) is 17.6. The number of aryl methyl sites for hydroxylation is 4. The maximum atomic E-state index is 12.8. The molecule has 0 amide bonds. The minimum absolute atomic E-state index is 0.0140. The Morgan fingerprint density at radius 3 is 1.80 bits per heavy atom. The van der Waals surface area contributed by atoms with Crippen LogP contribution in [0.25, 0.3) is 0 Å². The number of methoxy groups -OCH3 is 1. The van der Waals surface area contributed by atoms with E-state index in [1.165, 1.54) is 47.5 Å². The number of benzene rings is 2. The molecule has 2 aromatic carbocycles. The second-order valence-corrected chi connectivity index (χ2v) is 14.8. The summed E-state index contributed by atoms with van der Waals surface area (Å²) in [5.41, 5.74) is 4.10. The molecule has 3 N–H and O–H groups in total. The Bertz CT molecular complexity index is 2220. The molecule has 5 aromatic rings. The van der Waals surface area contributed by atoms with Crippen LogP contribution in [-0.2, 0) is 11.3 Å². The highest BCUT2D eigenvalue weighted by Crippen LogP contribution is 2.34. The van der Waals surface area contributed by atoms with Crippen molar-refractivity contribution in [1.29, 1.82) is 0 Å². The van der Waals surface area contributed by atoms with Gasteiger partial charge < -0.3 is 14.1 Å². The smallest absolute Gasteiger partial charge is 0.341 e. The van der Waals surface area contributed by atoms with Crippen LogP contribution in [0.2, 0.25) is 0 Å². The molecule has 11 nitrogen and oxygen atoms in total. The molecular weight excluding hydrogens is 677 g/mol. The van der Waals surface area contributed by atoms with E-state index in [1.54, 1.807) is 0 Å². The molecule has 0 spiro atoms. The number of hydrogen-bond donors (Lipinski definition) is 3. The Morgan fingerprint density at radius 1 is 0.760 bits per heavy atom. The molecule has 0 bridgehead atoms. The van der Waals surface area contributed by atoms with Gasteiger partial charge in [0.1, 0.15) is 11.3 Å². The molecule has 0 aliphatic carbocycles. The monoisotopic (exact) mass is 718 g/mol. The average molecular weight is 719 g/mol. The van der Waals surface area contributed by atoms with Gasteiger partial charge in [-0.15, -0.1) is 0 Å². The van der Waals surface area contributed by atoms with Gasteiger partial charge in [0.25, 0.3) is 11.1 Å². The maximum absolute atomic E-state index is 12.8. The summed E-state index contributed by atoms with van der Waals surface area (Å²) in [7, 11) is 1.28. The lowest BCUT2D eigenvalue weighted by atomic mass is 10.1. The Hall–Kier alpha value is -4.75. The van der Waals surface area contributed by atoms with E-state index >= 15 is 0 Å². The summed E-state index contributed by atoms with van der Waals surface area (Å²) < 4.78 is 11.7. The fourth-order valence-electron chi connectivity index (χ4n) is 5.52. The molecule has 0 saturated heterocycles. The van der Waals surface area contributed by atoms with Crippen molar-refractivity contribution in [2.75, 3.05) is 7.11 Å². The van der Waals surface area contributed by atoms with Gasteiger partial charge in [0, 0.05) is 9.79 Å². The zero-order valence-electron chi connectivity index (χ0n) is 29.6. The molecule has 264 valence electrons. The quantitative estimate of drug-likeness (QED) is 0.110. The Balaban J connectivity index is 0.000000244. The molecule has 5 rings (SSSR count). The topological polar surface area (TPSA) is 160 Å². The number of nitrogens with zero attached hydrogens (tertiary/aromatic N) is 1. The van der Waals surface area contributed by atoms with E-state index in [2.05, 4.69) is 27.1 Å². The van der Waals surface area contributed by atoms with Crippen LogP contribution in [0.4, 0.5) is 0 Å². The van der Waals surface area contributed by atoms with Crippen molar-refractivity contribution < 1.29 is 13.9 Å². The van der Waals surface area contributed by atoms with Crippen molar-refractivity contribution in [3.8, 4) is 0 Å². The number of esters is 1. The summed E-state index contributed by atoms with van der Waals surface area (Å²) >= 11 is 2.78. The number of ether oxygens (including phenoxy) is 1. The predicted octanol–water partition coefficient (Wildman–Crippen LogP) is 6.81. The summed E-state index contributed by atoms with van der Waals surface area (Å²) in [6.45, 7) is 15.7. The van der Waals surface area contributed by atoms with Crippen molar-refractivity contribution >= 4 is 29.5 Å². The molecule has 0 atom stereocenters. The van der Waals surface area contributed by atoms with Gasteiger partial charge in [-0.1, -0.05) is 63.4 Å². The molecule has 50 heavy (non-hydrogen) atoms. The van der Waals surface area contributed by atoms with Gasteiger partial charge in [-0.25, -0.2) is 14.4 Å². The summed E-state index contributed by atoms with van der Waals surface area (Å²) in [6, 6.07) is 13.7. The van der Waals surface area contributed by atoms with E-state index in [1.807, 2.05) is 79.7 Å². The number of furan rings is 1. The number of carbonyl (C=O) groups is 1. The van der Waals surface area contributed by atoms with Crippen molar-refractivity contribution in [3.05, 3.63) is 135 Å². The molecule has 3 aromatic heterocycles. The first-order chi connectivity index (χ1) is 23.6. The number of carbonyl (C=O) groups excluding carboxylic acids is 1. The van der Waals surface area contributed by atoms with E-state index in [0.29, 0.717) is 21.2 Å². The second-order valence-electron chi connectivity index (χ2n) is 12.6. The Kier molecular flexibility index (Phi) is 12.4. The van der Waals surface area contributed by atoms with Crippen LogP contribution in [0.5, 0.6) is 0 Å². The Labute approximate surface area is 297 Å². The maximum Gasteiger partial charge on any atom is 0.341 e. The molecule has 13 heteroatoms. The molecule has 0 unspecified atom stereocenters. The fourth-order valence-corrected chi connectivity index (χ4v) is 8.24. The number of rotatable bonds is 9. The van der Waals surface area contributed by atoms with Gasteiger partial charge in [-0.05, 0) is 92.1 Å². The van der Waals surface area contributed by atoms with Crippen LogP contribution >= 0.6 is 23.5 Å². The van der Waals surface area contributed by atoms with Gasteiger partial charge >= 0.3 is 17.3 Å². The van der Waals surface area contributed by atoms with Crippen molar-refractivity contribution in [2.45, 2.75) is 93.6 Å². The molecule has 3 heterocycles. The number of aromatic nitrogens is 4. The van der Waals surface area contributed by atoms with Crippen LogP contribution in [0.3, 0.4) is 0 Å². The molecule has 0 fully saturated rings. The molecule has 0 saturated carbocycles.